The maximum absolute atomic E-state index is 12.5. The van der Waals surface area contributed by atoms with Crippen LogP contribution in [0.3, 0.4) is 0 Å². The zero-order valence-corrected chi connectivity index (χ0v) is 13.7. The van der Waals surface area contributed by atoms with Crippen LogP contribution in [0.2, 0.25) is 0 Å². The van der Waals surface area contributed by atoms with Crippen LogP contribution in [0.1, 0.15) is 39.6 Å². The first-order valence-electron chi connectivity index (χ1n) is 6.43. The average Bonchev–Trinajstić information content (AvgIpc) is 2.95. The molecule has 0 saturated heterocycles. The minimum Gasteiger partial charge on any atom is -0.344 e. The maximum Gasteiger partial charge on any atom is 0.416 e. The maximum atomic E-state index is 12.5. The second kappa shape index (κ2) is 7.76. The van der Waals surface area contributed by atoms with Gasteiger partial charge in [0, 0.05) is 11.9 Å². The third-order valence-electron chi connectivity index (χ3n) is 3.04. The highest BCUT2D eigenvalue weighted by molar-refractivity contribution is 7.09. The molecule has 2 aromatic rings. The molecule has 4 nitrogen and oxygen atoms in total. The van der Waals surface area contributed by atoms with Crippen molar-refractivity contribution in [1.82, 2.24) is 10.3 Å². The molecule has 126 valence electrons. The van der Waals surface area contributed by atoms with Gasteiger partial charge < -0.3 is 11.1 Å². The Balaban J connectivity index is 0.00000264. The monoisotopic (exact) mass is 365 g/mol. The SMILES string of the molecule is CC(NC(=O)c1csc(CN)n1)c1ccc(C(F)(F)F)cc1.Cl. The number of benzene rings is 1. The van der Waals surface area contributed by atoms with Crippen molar-refractivity contribution in [3.05, 3.63) is 51.5 Å². The lowest BCUT2D eigenvalue weighted by atomic mass is 10.1. The molecule has 1 aromatic carbocycles. The van der Waals surface area contributed by atoms with E-state index in [1.807, 2.05) is 0 Å². The molecule has 0 bridgehead atoms. The number of rotatable bonds is 4. The number of hydrogen-bond acceptors (Lipinski definition) is 4. The number of thiazole rings is 1. The molecule has 0 radical (unpaired) electrons. The van der Waals surface area contributed by atoms with Crippen molar-refractivity contribution in [2.75, 3.05) is 0 Å². The lowest BCUT2D eigenvalue weighted by Crippen LogP contribution is -2.27. The highest BCUT2D eigenvalue weighted by Crippen LogP contribution is 2.29. The molecule has 9 heteroatoms. The Labute approximate surface area is 141 Å². The summed E-state index contributed by atoms with van der Waals surface area (Å²) in [6, 6.07) is 4.25. The lowest BCUT2D eigenvalue weighted by Gasteiger charge is -2.14. The second-order valence-electron chi connectivity index (χ2n) is 4.65. The molecule has 0 fully saturated rings. The van der Waals surface area contributed by atoms with Gasteiger partial charge in [0.2, 0.25) is 0 Å². The van der Waals surface area contributed by atoms with Crippen molar-refractivity contribution in [1.29, 1.82) is 0 Å². The van der Waals surface area contributed by atoms with Crippen molar-refractivity contribution in [3.8, 4) is 0 Å². The smallest absolute Gasteiger partial charge is 0.344 e. The fourth-order valence-corrected chi connectivity index (χ4v) is 2.48. The molecule has 1 heterocycles. The Kier molecular flexibility index (Phi) is 6.55. The first kappa shape index (κ1) is 19.4. The number of nitrogens with one attached hydrogen (secondary N) is 1. The molecule has 1 unspecified atom stereocenters. The summed E-state index contributed by atoms with van der Waals surface area (Å²) in [5, 5.41) is 4.93. The number of amides is 1. The van der Waals surface area contributed by atoms with Gasteiger partial charge in [-0.2, -0.15) is 13.2 Å². The number of hydrogen-bond donors (Lipinski definition) is 2. The molecule has 1 amide bonds. The van der Waals surface area contributed by atoms with Gasteiger partial charge in [0.15, 0.2) is 0 Å². The van der Waals surface area contributed by atoms with Crippen LogP contribution in [-0.2, 0) is 12.7 Å². The van der Waals surface area contributed by atoms with Crippen LogP contribution in [0.4, 0.5) is 13.2 Å². The van der Waals surface area contributed by atoms with Crippen LogP contribution >= 0.6 is 23.7 Å². The number of carbonyl (C=O) groups is 1. The van der Waals surface area contributed by atoms with Crippen molar-refractivity contribution in [2.45, 2.75) is 25.7 Å². The zero-order valence-electron chi connectivity index (χ0n) is 12.1. The van der Waals surface area contributed by atoms with Gasteiger partial charge in [-0.3, -0.25) is 4.79 Å². The van der Waals surface area contributed by atoms with Gasteiger partial charge in [-0.05, 0) is 24.6 Å². The first-order valence-corrected chi connectivity index (χ1v) is 7.31. The highest BCUT2D eigenvalue weighted by Gasteiger charge is 2.30. The summed E-state index contributed by atoms with van der Waals surface area (Å²) in [5.74, 6) is -0.386. The van der Waals surface area contributed by atoms with Crippen molar-refractivity contribution < 1.29 is 18.0 Å². The zero-order chi connectivity index (χ0) is 16.3. The van der Waals surface area contributed by atoms with Crippen molar-refractivity contribution >= 4 is 29.7 Å². The predicted molar refractivity (Wildman–Crippen MR) is 84.6 cm³/mol. The summed E-state index contributed by atoms with van der Waals surface area (Å²) in [6.07, 6.45) is -4.37. The van der Waals surface area contributed by atoms with E-state index in [2.05, 4.69) is 10.3 Å². The van der Waals surface area contributed by atoms with Gasteiger partial charge in [-0.25, -0.2) is 4.98 Å². The number of alkyl halides is 3. The Morgan fingerprint density at radius 3 is 2.43 bits per heavy atom. The van der Waals surface area contributed by atoms with Gasteiger partial charge in [0.25, 0.3) is 5.91 Å². The second-order valence-corrected chi connectivity index (χ2v) is 5.59. The minimum absolute atomic E-state index is 0. The summed E-state index contributed by atoms with van der Waals surface area (Å²) < 4.78 is 37.5. The Hall–Kier alpha value is -1.64. The van der Waals surface area contributed by atoms with E-state index in [0.29, 0.717) is 10.6 Å². The fraction of sp³-hybridized carbons (Fsp3) is 0.286. The van der Waals surface area contributed by atoms with E-state index < -0.39 is 17.8 Å². The van der Waals surface area contributed by atoms with Crippen molar-refractivity contribution in [2.24, 2.45) is 5.73 Å². The summed E-state index contributed by atoms with van der Waals surface area (Å²) in [6.45, 7) is 1.95. The molecular weight excluding hydrogens is 351 g/mol. The molecule has 3 N–H and O–H groups in total. The molecule has 0 aliphatic carbocycles. The first-order chi connectivity index (χ1) is 10.3. The number of nitrogens with zero attached hydrogens (tertiary/aromatic N) is 1. The van der Waals surface area contributed by atoms with Gasteiger partial charge in [-0.15, -0.1) is 23.7 Å². The molecule has 0 saturated carbocycles. The predicted octanol–water partition coefficient (Wildman–Crippen LogP) is 3.53. The van der Waals surface area contributed by atoms with E-state index in [4.69, 9.17) is 5.73 Å². The quantitative estimate of drug-likeness (QED) is 0.870. The van der Waals surface area contributed by atoms with E-state index in [-0.39, 0.29) is 30.6 Å². The molecular formula is C14H15ClF3N3OS. The molecule has 0 aliphatic rings. The largest absolute Gasteiger partial charge is 0.416 e. The van der Waals surface area contributed by atoms with Gasteiger partial charge in [0.1, 0.15) is 10.7 Å². The Morgan fingerprint density at radius 1 is 1.35 bits per heavy atom. The molecule has 1 aromatic heterocycles. The molecule has 23 heavy (non-hydrogen) atoms. The van der Waals surface area contributed by atoms with E-state index in [1.165, 1.54) is 23.5 Å². The number of carbonyl (C=O) groups excluding carboxylic acids is 1. The molecule has 2 rings (SSSR count). The van der Waals surface area contributed by atoms with Gasteiger partial charge in [-0.1, -0.05) is 12.1 Å². The normalized spacial score (nSPS) is 12.4. The Bertz CT molecular complexity index is 658. The van der Waals surface area contributed by atoms with Crippen LogP contribution in [0.5, 0.6) is 0 Å². The summed E-state index contributed by atoms with van der Waals surface area (Å²) in [7, 11) is 0. The van der Waals surface area contributed by atoms with E-state index in [0.717, 1.165) is 12.1 Å². The van der Waals surface area contributed by atoms with Crippen LogP contribution in [0.25, 0.3) is 0 Å². The van der Waals surface area contributed by atoms with E-state index in [9.17, 15) is 18.0 Å². The van der Waals surface area contributed by atoms with Crippen LogP contribution in [0.15, 0.2) is 29.6 Å². The third kappa shape index (κ3) is 4.92. The summed E-state index contributed by atoms with van der Waals surface area (Å²) in [5.41, 5.74) is 5.54. The van der Waals surface area contributed by atoms with E-state index in [1.54, 1.807) is 12.3 Å². The fourth-order valence-electron chi connectivity index (χ4n) is 1.82. The highest BCUT2D eigenvalue weighted by atomic mass is 35.5. The van der Waals surface area contributed by atoms with E-state index >= 15 is 0 Å². The van der Waals surface area contributed by atoms with Gasteiger partial charge >= 0.3 is 6.18 Å². The van der Waals surface area contributed by atoms with Crippen LogP contribution in [-0.4, -0.2) is 10.9 Å². The number of halogens is 4. The van der Waals surface area contributed by atoms with Crippen LogP contribution in [0, 0.1) is 0 Å². The number of aromatic nitrogens is 1. The summed E-state index contributed by atoms with van der Waals surface area (Å²) >= 11 is 1.28. The topological polar surface area (TPSA) is 68.0 Å². The lowest BCUT2D eigenvalue weighted by molar-refractivity contribution is -0.137. The molecule has 0 spiro atoms. The van der Waals surface area contributed by atoms with Crippen molar-refractivity contribution in [3.63, 3.8) is 0 Å². The third-order valence-corrected chi connectivity index (χ3v) is 3.92. The molecule has 0 aliphatic heterocycles. The standard InChI is InChI=1S/C14H14F3N3OS.ClH/c1-8(9-2-4-10(5-3-9)14(15,16)17)19-13(21)11-7-22-12(6-18)20-11;/h2-5,7-8H,6,18H2,1H3,(H,19,21);1H. The summed E-state index contributed by atoms with van der Waals surface area (Å²) in [4.78, 5) is 16.1. The van der Waals surface area contributed by atoms with Gasteiger partial charge in [0.05, 0.1) is 11.6 Å². The molecule has 1 atom stereocenters. The minimum atomic E-state index is -4.37. The average molecular weight is 366 g/mol. The number of nitrogens with two attached hydrogens (primary N) is 1. The van der Waals surface area contributed by atoms with Crippen LogP contribution < -0.4 is 11.1 Å². The Morgan fingerprint density at radius 2 is 1.96 bits per heavy atom.